The van der Waals surface area contributed by atoms with E-state index in [0.717, 1.165) is 179 Å². The van der Waals surface area contributed by atoms with Crippen LogP contribution in [-0.2, 0) is 92.3 Å². The van der Waals surface area contributed by atoms with Crippen LogP contribution in [0.2, 0.25) is 0 Å². The second-order valence-electron chi connectivity index (χ2n) is 34.6. The number of hydrogen-bond donors (Lipinski definition) is 0. The molecule has 4 radical (unpaired) electrons. The molecular formula is C125H98Ir4N8O4-8. The van der Waals surface area contributed by atoms with Gasteiger partial charge in [-0.15, -0.1) is 233 Å². The van der Waals surface area contributed by atoms with Crippen molar-refractivity contribution < 1.29 is 98.1 Å². The van der Waals surface area contributed by atoms with E-state index in [4.69, 9.17) is 17.7 Å². The summed E-state index contributed by atoms with van der Waals surface area (Å²) in [6.07, 6.45) is 15.8. The molecule has 0 aliphatic heterocycles. The zero-order valence-electron chi connectivity index (χ0n) is 79.4. The van der Waals surface area contributed by atoms with E-state index in [1.165, 1.54) is 44.3 Å². The van der Waals surface area contributed by atoms with E-state index in [1.54, 1.807) is 12.4 Å². The summed E-state index contributed by atoms with van der Waals surface area (Å²) in [6.45, 7) is 21.3. The van der Waals surface area contributed by atoms with Gasteiger partial charge in [0.25, 0.3) is 0 Å². The number of hydrogen-bond acceptors (Lipinski definition) is 12. The molecule has 24 rings (SSSR count). The largest absolute Gasteiger partial charge is 0.500 e. The van der Waals surface area contributed by atoms with E-state index in [0.29, 0.717) is 5.92 Å². The third kappa shape index (κ3) is 26.8. The van der Waals surface area contributed by atoms with Gasteiger partial charge in [0.1, 0.15) is 22.3 Å². The Morgan fingerprint density at radius 1 is 0.248 bits per heavy atom. The summed E-state index contributed by atoms with van der Waals surface area (Å²) in [6, 6.07) is 140. The first kappa shape index (κ1) is 104. The summed E-state index contributed by atoms with van der Waals surface area (Å²) in [4.78, 5) is 35.1. The second-order valence-corrected chi connectivity index (χ2v) is 34.6. The van der Waals surface area contributed by atoms with Gasteiger partial charge in [0.05, 0.1) is 22.3 Å². The third-order valence-corrected chi connectivity index (χ3v) is 22.6. The molecule has 12 aromatic heterocycles. The van der Waals surface area contributed by atoms with Crippen LogP contribution >= 0.6 is 0 Å². The smallest absolute Gasteiger partial charge is 0.124 e. The molecule has 0 spiro atoms. The molecule has 0 fully saturated rings. The van der Waals surface area contributed by atoms with Crippen molar-refractivity contribution >= 4 is 87.8 Å². The van der Waals surface area contributed by atoms with Crippen LogP contribution in [0.25, 0.3) is 178 Å². The molecule has 12 nitrogen and oxygen atoms in total. The molecule has 12 aromatic carbocycles. The molecule has 24 aromatic rings. The Kier molecular flexibility index (Phi) is 36.9. The van der Waals surface area contributed by atoms with Crippen molar-refractivity contribution in [1.82, 2.24) is 39.9 Å². The van der Waals surface area contributed by atoms with Crippen LogP contribution in [0.3, 0.4) is 0 Å². The molecule has 0 aliphatic carbocycles. The van der Waals surface area contributed by atoms with Crippen molar-refractivity contribution in [2.24, 2.45) is 5.92 Å². The van der Waals surface area contributed by atoms with Crippen LogP contribution in [0, 0.1) is 89.1 Å². The number of pyridine rings is 8. The summed E-state index contributed by atoms with van der Waals surface area (Å²) in [5, 5.41) is 9.01. The molecular weight excluding hydrogens is 2450 g/mol. The van der Waals surface area contributed by atoms with Crippen LogP contribution in [0.5, 0.6) is 0 Å². The second kappa shape index (κ2) is 50.0. The number of fused-ring (bicyclic) bond motifs is 12. The quantitative estimate of drug-likeness (QED) is 0.120. The minimum Gasteiger partial charge on any atom is -0.500 e. The van der Waals surface area contributed by atoms with Crippen LogP contribution < -0.4 is 0 Å². The molecule has 0 amide bonds. The number of para-hydroxylation sites is 4. The van der Waals surface area contributed by atoms with Crippen molar-refractivity contribution in [3.8, 4) is 90.1 Å². The normalized spacial score (nSPS) is 10.6. The fourth-order valence-corrected chi connectivity index (χ4v) is 15.6. The summed E-state index contributed by atoms with van der Waals surface area (Å²) in [5.74, 6) is 0.593. The molecule has 0 saturated heterocycles. The van der Waals surface area contributed by atoms with Crippen molar-refractivity contribution in [2.45, 2.75) is 81.1 Å². The average Bonchev–Trinajstić information content (AvgIpc) is 1.57. The monoisotopic (exact) mass is 2550 g/mol. The van der Waals surface area contributed by atoms with Gasteiger partial charge in [-0.1, -0.05) is 231 Å². The molecule has 16 heteroatoms. The summed E-state index contributed by atoms with van der Waals surface area (Å²) in [7, 11) is 0. The van der Waals surface area contributed by atoms with Gasteiger partial charge in [-0.25, -0.2) is 0 Å². The molecule has 0 N–H and O–H groups in total. The Labute approximate surface area is 877 Å². The number of aryl methyl sites for hydroxylation is 5. The SMILES string of the molecule is CC(C)(C)c1ccc(-c2[c-]cccc2)nc1.CC(C)Cc1cccc2c1oc1c(-c3ccccn3)[c-]ccc12.Cc1ccc(-c2[c-]cccc2)nc1.Cc1ccc(-c2[c-]cccc2)nc1.Cc1ccc(-c2[c-]cccc2)nc1.Cc1ccnc(-c2[c-]cc3oc4ccccc4c3c2)c1.Cc1ccnc(-c2[c-]cc3oc4ccccc4c3c2)c1.[Ir].[Ir].[Ir].[Ir].[c-]1cc2oc3ccccc3c2cc1-c1ccccn1. The first-order chi connectivity index (χ1) is 66.9. The molecule has 0 aliphatic rings. The third-order valence-electron chi connectivity index (χ3n) is 22.6. The van der Waals surface area contributed by atoms with Gasteiger partial charge >= 0.3 is 0 Å². The van der Waals surface area contributed by atoms with Crippen molar-refractivity contribution in [2.75, 3.05) is 0 Å². The van der Waals surface area contributed by atoms with Crippen LogP contribution in [0.1, 0.15) is 73.6 Å². The Balaban J connectivity index is 0.000000136. The predicted octanol–water partition coefficient (Wildman–Crippen LogP) is 32.0. The van der Waals surface area contributed by atoms with Crippen LogP contribution in [0.4, 0.5) is 0 Å². The van der Waals surface area contributed by atoms with Gasteiger partial charge in [-0.3, -0.25) is 0 Å². The molecule has 12 heterocycles. The zero-order valence-corrected chi connectivity index (χ0v) is 88.9. The predicted molar refractivity (Wildman–Crippen MR) is 558 cm³/mol. The minimum absolute atomic E-state index is 0. The molecule has 141 heavy (non-hydrogen) atoms. The fourth-order valence-electron chi connectivity index (χ4n) is 15.6. The van der Waals surface area contributed by atoms with Gasteiger partial charge in [0, 0.05) is 152 Å². The topological polar surface area (TPSA) is 156 Å². The van der Waals surface area contributed by atoms with Crippen molar-refractivity contribution in [1.29, 1.82) is 0 Å². The summed E-state index contributed by atoms with van der Waals surface area (Å²) >= 11 is 0. The van der Waals surface area contributed by atoms with Gasteiger partial charge < -0.3 is 57.5 Å². The first-order valence-corrected chi connectivity index (χ1v) is 45.6. The zero-order chi connectivity index (χ0) is 94.4. The number of benzene rings is 12. The average molecular weight is 2550 g/mol. The van der Waals surface area contributed by atoms with Crippen LogP contribution in [0.15, 0.2) is 413 Å². The minimum atomic E-state index is 0. The Morgan fingerprint density at radius 2 is 0.603 bits per heavy atom. The van der Waals surface area contributed by atoms with Gasteiger partial charge in [0.2, 0.25) is 0 Å². The van der Waals surface area contributed by atoms with E-state index in [1.807, 2.05) is 301 Å². The van der Waals surface area contributed by atoms with E-state index in [-0.39, 0.29) is 85.8 Å². The van der Waals surface area contributed by atoms with Crippen LogP contribution in [-0.4, -0.2) is 39.9 Å². The van der Waals surface area contributed by atoms with E-state index >= 15 is 0 Å². The van der Waals surface area contributed by atoms with E-state index in [9.17, 15) is 0 Å². The van der Waals surface area contributed by atoms with E-state index in [2.05, 4.69) is 240 Å². The number of nitrogens with zero attached hydrogens (tertiary/aromatic N) is 8. The maximum absolute atomic E-state index is 6.30. The van der Waals surface area contributed by atoms with E-state index < -0.39 is 0 Å². The van der Waals surface area contributed by atoms with Gasteiger partial charge in [-0.05, 0) is 168 Å². The first-order valence-electron chi connectivity index (χ1n) is 45.6. The number of furan rings is 4. The standard InChI is InChI=1S/C21H18NO.2C18H12NO.C17H10NO.C15H16N.3C12H10N.4Ir/c1-14(2)13-15-7-5-8-16-17-9-6-10-18(21(17)23-20(15)16)19-11-3-4-12-22-19;2*1-12-8-9-19-16(10-12)13-6-7-18-15(11-13)14-4-2-3-5-17(14)20-18;1-2-7-16-13(5-1)14-11-12(8-9-17(14)19-16)15-6-3-4-10-18-15;1-15(2,3)13-9-10-14(16-11-13)12-7-5-4-6-8-12;3*1-10-7-8-12(13-9-10)11-5-3-2-4-6-11;;;;/h3-9,11-12,14H,13H2,1-2H3;2*2-5,7-11H,1H3;1-7,9-11H;4-7,9-11H,1-3H3;3*2-5,7-9H,1H3;;;;/q8*-1;;;;. The molecule has 0 unspecified atom stereocenters. The summed E-state index contributed by atoms with van der Waals surface area (Å²) < 4.78 is 23.7. The van der Waals surface area contributed by atoms with Crippen molar-refractivity contribution in [3.05, 3.63) is 483 Å². The molecule has 0 atom stereocenters. The summed E-state index contributed by atoms with van der Waals surface area (Å²) in [5.41, 5.74) is 31.5. The maximum atomic E-state index is 6.30. The Bertz CT molecular complexity index is 7740. The molecule has 0 saturated carbocycles. The Hall–Kier alpha value is -14.4. The number of aromatic nitrogens is 8. The number of rotatable bonds is 10. The Morgan fingerprint density at radius 3 is 0.957 bits per heavy atom. The van der Waals surface area contributed by atoms with Gasteiger partial charge in [-0.2, -0.15) is 0 Å². The van der Waals surface area contributed by atoms with Gasteiger partial charge in [0.15, 0.2) is 0 Å². The molecule has 0 bridgehead atoms. The maximum Gasteiger partial charge on any atom is 0.124 e. The molecule has 706 valence electrons. The van der Waals surface area contributed by atoms with Crippen molar-refractivity contribution in [3.63, 3.8) is 0 Å². The fraction of sp³-hybridized carbons (Fsp3) is 0.104.